The van der Waals surface area contributed by atoms with Gasteiger partial charge < -0.3 is 10.6 Å². The molecule has 3 nitrogen and oxygen atoms in total. The predicted octanol–water partition coefficient (Wildman–Crippen LogP) is 0.934. The van der Waals surface area contributed by atoms with Gasteiger partial charge in [0, 0.05) is 19.1 Å². The smallest absolute Gasteiger partial charge is 0.246 e. The van der Waals surface area contributed by atoms with Crippen molar-refractivity contribution in [2.24, 2.45) is 11.7 Å². The van der Waals surface area contributed by atoms with Gasteiger partial charge >= 0.3 is 0 Å². The Morgan fingerprint density at radius 3 is 2.57 bits per heavy atom. The molecule has 2 N–H and O–H groups in total. The number of hydrogen-bond donors (Lipinski definition) is 1. The van der Waals surface area contributed by atoms with Crippen molar-refractivity contribution in [3.05, 3.63) is 12.2 Å². The third-order valence-electron chi connectivity index (χ3n) is 2.67. The topological polar surface area (TPSA) is 46.3 Å². The zero-order valence-electron chi connectivity index (χ0n) is 8.19. The van der Waals surface area contributed by atoms with E-state index in [1.54, 1.807) is 6.08 Å². The number of amides is 1. The first-order valence-corrected chi connectivity index (χ1v) is 4.98. The van der Waals surface area contributed by atoms with Crippen molar-refractivity contribution in [3.63, 3.8) is 0 Å². The highest BCUT2D eigenvalue weighted by atomic mass is 35.5. The van der Waals surface area contributed by atoms with Crippen molar-refractivity contribution in [1.29, 1.82) is 0 Å². The summed E-state index contributed by atoms with van der Waals surface area (Å²) in [6.45, 7) is 1.56. The van der Waals surface area contributed by atoms with Gasteiger partial charge in [-0.05, 0) is 31.3 Å². The molecule has 0 aromatic heterocycles. The molecule has 2 aliphatic rings. The van der Waals surface area contributed by atoms with Gasteiger partial charge in [0.05, 0.1) is 0 Å². The summed E-state index contributed by atoms with van der Waals surface area (Å²) in [6, 6.07) is 0.193. The molecule has 4 heteroatoms. The number of nitrogens with zero attached hydrogens (tertiary/aromatic N) is 1. The summed E-state index contributed by atoms with van der Waals surface area (Å²) < 4.78 is 0. The predicted molar refractivity (Wildman–Crippen MR) is 58.3 cm³/mol. The van der Waals surface area contributed by atoms with E-state index in [-0.39, 0.29) is 24.4 Å². The summed E-state index contributed by atoms with van der Waals surface area (Å²) in [4.78, 5) is 13.3. The molecule has 1 amide bonds. The second-order valence-corrected chi connectivity index (χ2v) is 4.03. The number of carbonyl (C=O) groups is 1. The van der Waals surface area contributed by atoms with Gasteiger partial charge in [-0.15, -0.1) is 12.4 Å². The maximum atomic E-state index is 11.5. The number of rotatable bonds is 2. The molecule has 1 aliphatic heterocycles. The van der Waals surface area contributed by atoms with Gasteiger partial charge in [0.15, 0.2) is 0 Å². The number of carbonyl (C=O) groups excluding carboxylic acids is 1. The Kier molecular flexibility index (Phi) is 3.96. The second kappa shape index (κ2) is 4.80. The molecule has 0 aromatic carbocycles. The molecule has 0 bridgehead atoms. The van der Waals surface area contributed by atoms with Crippen molar-refractivity contribution in [2.45, 2.75) is 25.3 Å². The van der Waals surface area contributed by atoms with Crippen molar-refractivity contribution in [3.8, 4) is 0 Å². The summed E-state index contributed by atoms with van der Waals surface area (Å²) >= 11 is 0. The van der Waals surface area contributed by atoms with E-state index < -0.39 is 0 Å². The highest BCUT2D eigenvalue weighted by Crippen LogP contribution is 2.30. The van der Waals surface area contributed by atoms with Gasteiger partial charge in [-0.3, -0.25) is 4.79 Å². The third kappa shape index (κ3) is 3.00. The number of hydrogen-bond acceptors (Lipinski definition) is 2. The molecular weight excluding hydrogens is 200 g/mol. The molecule has 0 radical (unpaired) electrons. The molecule has 1 atom stereocenters. The highest BCUT2D eigenvalue weighted by Gasteiger charge is 2.23. The lowest BCUT2D eigenvalue weighted by atomic mass is 10.3. The van der Waals surface area contributed by atoms with Crippen molar-refractivity contribution in [2.75, 3.05) is 13.1 Å². The van der Waals surface area contributed by atoms with E-state index in [1.165, 1.54) is 12.8 Å². The molecule has 80 valence electrons. The molecule has 1 aliphatic carbocycles. The fourth-order valence-electron chi connectivity index (χ4n) is 1.60. The Morgan fingerprint density at radius 2 is 2.07 bits per heavy atom. The van der Waals surface area contributed by atoms with Crippen LogP contribution >= 0.6 is 12.4 Å². The zero-order chi connectivity index (χ0) is 9.26. The largest absolute Gasteiger partial charge is 0.338 e. The van der Waals surface area contributed by atoms with Crippen LogP contribution in [0, 0.1) is 5.92 Å². The first-order chi connectivity index (χ1) is 6.25. The molecule has 14 heavy (non-hydrogen) atoms. The van der Waals surface area contributed by atoms with Crippen molar-refractivity contribution >= 4 is 18.3 Å². The van der Waals surface area contributed by atoms with Crippen LogP contribution in [-0.4, -0.2) is 29.9 Å². The van der Waals surface area contributed by atoms with E-state index >= 15 is 0 Å². The Labute approximate surface area is 90.7 Å². The van der Waals surface area contributed by atoms with E-state index in [4.69, 9.17) is 5.73 Å². The highest BCUT2D eigenvalue weighted by molar-refractivity contribution is 5.87. The molecule has 1 heterocycles. The molecule has 0 aromatic rings. The number of nitrogens with two attached hydrogens (primary N) is 1. The monoisotopic (exact) mass is 216 g/mol. The second-order valence-electron chi connectivity index (χ2n) is 4.03. The van der Waals surface area contributed by atoms with E-state index in [2.05, 4.69) is 0 Å². The average molecular weight is 217 g/mol. The fraction of sp³-hybridized carbons (Fsp3) is 0.700. The van der Waals surface area contributed by atoms with Crippen molar-refractivity contribution < 1.29 is 4.79 Å². The van der Waals surface area contributed by atoms with E-state index in [0.29, 0.717) is 5.92 Å². The number of likely N-dealkylation sites (tertiary alicyclic amines) is 1. The van der Waals surface area contributed by atoms with Gasteiger partial charge in [0.25, 0.3) is 0 Å². The van der Waals surface area contributed by atoms with Crippen LogP contribution in [0.4, 0.5) is 0 Å². The summed E-state index contributed by atoms with van der Waals surface area (Å²) in [6.07, 6.45) is 7.21. The van der Waals surface area contributed by atoms with Crippen LogP contribution in [0.1, 0.15) is 19.3 Å². The molecule has 1 saturated heterocycles. The first kappa shape index (κ1) is 11.5. The van der Waals surface area contributed by atoms with Gasteiger partial charge in [0.2, 0.25) is 5.91 Å². The average Bonchev–Trinajstić information content (AvgIpc) is 2.84. The molecular formula is C10H17ClN2O. The Bertz CT molecular complexity index is 238. The van der Waals surface area contributed by atoms with Crippen LogP contribution in [0.3, 0.4) is 0 Å². The standard InChI is InChI=1S/C10H16N2O.ClH/c11-9-5-6-12(7-9)10(13)4-3-8-1-2-8;/h3-4,8-9H,1-2,5-7,11H2;1H/b4-3+;/t9-;/m1./s1. The molecule has 1 saturated carbocycles. The normalized spacial score (nSPS) is 26.6. The Balaban J connectivity index is 0.000000980. The first-order valence-electron chi connectivity index (χ1n) is 4.98. The quantitative estimate of drug-likeness (QED) is 0.699. The Morgan fingerprint density at radius 1 is 1.36 bits per heavy atom. The van der Waals surface area contributed by atoms with Crippen LogP contribution in [0.25, 0.3) is 0 Å². The van der Waals surface area contributed by atoms with Crippen molar-refractivity contribution in [1.82, 2.24) is 4.90 Å². The van der Waals surface area contributed by atoms with Crippen LogP contribution in [0.2, 0.25) is 0 Å². The summed E-state index contributed by atoms with van der Waals surface area (Å²) in [5.41, 5.74) is 5.71. The van der Waals surface area contributed by atoms with Gasteiger partial charge in [0.1, 0.15) is 0 Å². The number of halogens is 1. The molecule has 2 fully saturated rings. The zero-order valence-corrected chi connectivity index (χ0v) is 9.00. The lowest BCUT2D eigenvalue weighted by Crippen LogP contribution is -2.30. The summed E-state index contributed by atoms with van der Waals surface area (Å²) in [5, 5.41) is 0. The SMILES string of the molecule is Cl.N[C@@H]1CCN(C(=O)/C=C/C2CC2)C1. The molecule has 0 unspecified atom stereocenters. The maximum Gasteiger partial charge on any atom is 0.246 e. The van der Waals surface area contributed by atoms with Crippen LogP contribution in [-0.2, 0) is 4.79 Å². The third-order valence-corrected chi connectivity index (χ3v) is 2.67. The maximum absolute atomic E-state index is 11.5. The van der Waals surface area contributed by atoms with Gasteiger partial charge in [-0.25, -0.2) is 0 Å². The van der Waals surface area contributed by atoms with Gasteiger partial charge in [-0.2, -0.15) is 0 Å². The molecule has 2 rings (SSSR count). The van der Waals surface area contributed by atoms with Crippen LogP contribution < -0.4 is 5.73 Å². The lowest BCUT2D eigenvalue weighted by Gasteiger charge is -2.12. The van der Waals surface area contributed by atoms with E-state index in [9.17, 15) is 4.79 Å². The van der Waals surface area contributed by atoms with Gasteiger partial charge in [-0.1, -0.05) is 6.08 Å². The summed E-state index contributed by atoms with van der Waals surface area (Å²) in [5.74, 6) is 0.820. The fourth-order valence-corrected chi connectivity index (χ4v) is 1.60. The minimum absolute atomic E-state index is 0. The van der Waals surface area contributed by atoms with E-state index in [0.717, 1.165) is 19.5 Å². The minimum Gasteiger partial charge on any atom is -0.338 e. The Hall–Kier alpha value is -0.540. The number of allylic oxidation sites excluding steroid dienone is 1. The van der Waals surface area contributed by atoms with Crippen LogP contribution in [0.15, 0.2) is 12.2 Å². The summed E-state index contributed by atoms with van der Waals surface area (Å²) in [7, 11) is 0. The lowest BCUT2D eigenvalue weighted by molar-refractivity contribution is -0.125. The van der Waals surface area contributed by atoms with Crippen LogP contribution in [0.5, 0.6) is 0 Å². The molecule has 0 spiro atoms. The van der Waals surface area contributed by atoms with E-state index in [1.807, 2.05) is 11.0 Å². The minimum atomic E-state index is 0.